The minimum Gasteiger partial charge on any atom is -0.467 e. The third-order valence-electron chi connectivity index (χ3n) is 3.01. The first-order valence-electron chi connectivity index (χ1n) is 5.81. The molecule has 0 saturated carbocycles. The fourth-order valence-electron chi connectivity index (χ4n) is 2.11. The van der Waals surface area contributed by atoms with Crippen molar-refractivity contribution < 1.29 is 9.21 Å². The Labute approximate surface area is 119 Å². The number of hydrogen-bond acceptors (Lipinski definition) is 4. The summed E-state index contributed by atoms with van der Waals surface area (Å²) in [5.74, 6) is 0.429. The lowest BCUT2D eigenvalue weighted by molar-refractivity contribution is -0.130. The standard InChI is InChI=1S/C13H11ClN2O2S/c14-7-13(17)16-11(12-2-1-4-18-12)6-10(15-16)9-3-5-19-8-9/h1-5,8,11H,6-7H2/t11-/m0/s1. The van der Waals surface area contributed by atoms with Crippen molar-refractivity contribution in [2.75, 3.05) is 5.88 Å². The van der Waals surface area contributed by atoms with Crippen LogP contribution in [0.4, 0.5) is 0 Å². The minimum atomic E-state index is -0.215. The number of amides is 1. The number of rotatable bonds is 3. The van der Waals surface area contributed by atoms with Gasteiger partial charge >= 0.3 is 0 Å². The molecule has 6 heteroatoms. The maximum absolute atomic E-state index is 11.9. The van der Waals surface area contributed by atoms with Crippen molar-refractivity contribution in [2.24, 2.45) is 5.10 Å². The highest BCUT2D eigenvalue weighted by Crippen LogP contribution is 2.33. The number of carbonyl (C=O) groups is 1. The molecule has 1 amide bonds. The van der Waals surface area contributed by atoms with E-state index in [2.05, 4.69) is 5.10 Å². The van der Waals surface area contributed by atoms with E-state index in [1.807, 2.05) is 22.9 Å². The molecular weight excluding hydrogens is 284 g/mol. The van der Waals surface area contributed by atoms with Gasteiger partial charge in [0.1, 0.15) is 17.7 Å². The Kier molecular flexibility index (Phi) is 3.40. The molecule has 1 atom stereocenters. The van der Waals surface area contributed by atoms with Crippen LogP contribution in [0, 0.1) is 0 Å². The molecule has 3 rings (SSSR count). The molecule has 0 bridgehead atoms. The predicted octanol–water partition coefficient (Wildman–Crippen LogP) is 3.26. The van der Waals surface area contributed by atoms with E-state index >= 15 is 0 Å². The molecule has 0 spiro atoms. The van der Waals surface area contributed by atoms with Gasteiger partial charge < -0.3 is 4.42 Å². The Morgan fingerprint density at radius 1 is 1.58 bits per heavy atom. The second-order valence-corrected chi connectivity index (χ2v) is 5.21. The first kappa shape index (κ1) is 12.4. The van der Waals surface area contributed by atoms with Crippen LogP contribution < -0.4 is 0 Å². The highest BCUT2D eigenvalue weighted by atomic mass is 35.5. The Morgan fingerprint density at radius 3 is 3.11 bits per heavy atom. The molecule has 3 heterocycles. The summed E-state index contributed by atoms with van der Waals surface area (Å²) in [6, 6.07) is 5.46. The molecule has 0 saturated heterocycles. The van der Waals surface area contributed by atoms with Crippen molar-refractivity contribution in [1.82, 2.24) is 5.01 Å². The Morgan fingerprint density at radius 2 is 2.47 bits per heavy atom. The fraction of sp³-hybridized carbons (Fsp3) is 0.231. The molecule has 98 valence electrons. The number of carbonyl (C=O) groups excluding carboxylic acids is 1. The van der Waals surface area contributed by atoms with Gasteiger partial charge in [-0.25, -0.2) is 5.01 Å². The minimum absolute atomic E-state index is 0.0857. The van der Waals surface area contributed by atoms with Crippen LogP contribution in [0.1, 0.15) is 23.8 Å². The molecule has 0 aromatic carbocycles. The topological polar surface area (TPSA) is 45.8 Å². The van der Waals surface area contributed by atoms with Crippen LogP contribution in [-0.4, -0.2) is 22.5 Å². The van der Waals surface area contributed by atoms with E-state index in [9.17, 15) is 4.79 Å². The predicted molar refractivity (Wildman–Crippen MR) is 74.5 cm³/mol. The van der Waals surface area contributed by atoms with Crippen molar-refractivity contribution >= 4 is 34.6 Å². The molecule has 4 nitrogen and oxygen atoms in total. The fourth-order valence-corrected chi connectivity index (χ4v) is 2.89. The van der Waals surface area contributed by atoms with Gasteiger partial charge in [-0.3, -0.25) is 4.79 Å². The molecule has 2 aromatic rings. The van der Waals surface area contributed by atoms with Gasteiger partial charge in [-0.05, 0) is 29.0 Å². The lowest BCUT2D eigenvalue weighted by atomic mass is 10.1. The summed E-state index contributed by atoms with van der Waals surface area (Å²) >= 11 is 7.25. The van der Waals surface area contributed by atoms with Gasteiger partial charge in [0.2, 0.25) is 0 Å². The Bertz CT molecular complexity index is 592. The van der Waals surface area contributed by atoms with Crippen molar-refractivity contribution in [1.29, 1.82) is 0 Å². The molecule has 0 unspecified atom stereocenters. The summed E-state index contributed by atoms with van der Waals surface area (Å²) in [5, 5.41) is 9.84. The van der Waals surface area contributed by atoms with Crippen LogP contribution in [-0.2, 0) is 4.79 Å². The summed E-state index contributed by atoms with van der Waals surface area (Å²) in [7, 11) is 0. The summed E-state index contributed by atoms with van der Waals surface area (Å²) in [5.41, 5.74) is 1.94. The number of alkyl halides is 1. The van der Waals surface area contributed by atoms with E-state index in [4.69, 9.17) is 16.0 Å². The summed E-state index contributed by atoms with van der Waals surface area (Å²) in [4.78, 5) is 11.9. The second-order valence-electron chi connectivity index (χ2n) is 4.17. The first-order chi connectivity index (χ1) is 9.29. The zero-order valence-electron chi connectivity index (χ0n) is 9.95. The molecule has 1 aliphatic rings. The molecule has 1 aliphatic heterocycles. The summed E-state index contributed by atoms with van der Waals surface area (Å²) < 4.78 is 5.40. The van der Waals surface area contributed by atoms with Gasteiger partial charge in [0.15, 0.2) is 0 Å². The van der Waals surface area contributed by atoms with Gasteiger partial charge in [0, 0.05) is 12.0 Å². The Balaban J connectivity index is 1.93. The lowest BCUT2D eigenvalue weighted by Crippen LogP contribution is -2.27. The van der Waals surface area contributed by atoms with Crippen molar-refractivity contribution in [3.05, 3.63) is 46.5 Å². The van der Waals surface area contributed by atoms with Gasteiger partial charge in [0.05, 0.1) is 12.0 Å². The largest absolute Gasteiger partial charge is 0.467 e. The average Bonchev–Trinajstić information content (AvgIpc) is 3.14. The zero-order valence-corrected chi connectivity index (χ0v) is 11.5. The maximum Gasteiger partial charge on any atom is 0.258 e. The zero-order chi connectivity index (χ0) is 13.2. The monoisotopic (exact) mass is 294 g/mol. The Hall–Kier alpha value is -1.59. The van der Waals surface area contributed by atoms with Crippen molar-refractivity contribution in [3.63, 3.8) is 0 Å². The van der Waals surface area contributed by atoms with Crippen molar-refractivity contribution in [2.45, 2.75) is 12.5 Å². The van der Waals surface area contributed by atoms with E-state index in [1.165, 1.54) is 5.01 Å². The van der Waals surface area contributed by atoms with E-state index in [0.29, 0.717) is 6.42 Å². The molecule has 0 N–H and O–H groups in total. The lowest BCUT2D eigenvalue weighted by Gasteiger charge is -2.18. The van der Waals surface area contributed by atoms with Crippen LogP contribution >= 0.6 is 22.9 Å². The third-order valence-corrected chi connectivity index (χ3v) is 3.92. The molecule has 2 aromatic heterocycles. The molecule has 0 radical (unpaired) electrons. The average molecular weight is 295 g/mol. The highest BCUT2D eigenvalue weighted by Gasteiger charge is 2.34. The van der Waals surface area contributed by atoms with Gasteiger partial charge in [0.25, 0.3) is 5.91 Å². The second kappa shape index (κ2) is 5.19. The summed E-state index contributed by atoms with van der Waals surface area (Å²) in [6.07, 6.45) is 2.24. The number of halogens is 1. The van der Waals surface area contributed by atoms with Crippen LogP contribution in [0.15, 0.2) is 44.7 Å². The number of thiophene rings is 1. The van der Waals surface area contributed by atoms with Gasteiger partial charge in [-0.15, -0.1) is 11.6 Å². The highest BCUT2D eigenvalue weighted by molar-refractivity contribution is 7.08. The van der Waals surface area contributed by atoms with Gasteiger partial charge in [-0.2, -0.15) is 16.4 Å². The van der Waals surface area contributed by atoms with Crippen LogP contribution in [0.2, 0.25) is 0 Å². The van der Waals surface area contributed by atoms with Gasteiger partial charge in [-0.1, -0.05) is 0 Å². The number of hydrazone groups is 1. The third kappa shape index (κ3) is 2.31. The number of nitrogens with zero attached hydrogens (tertiary/aromatic N) is 2. The van der Waals surface area contributed by atoms with Crippen molar-refractivity contribution in [3.8, 4) is 0 Å². The van der Waals surface area contributed by atoms with E-state index in [-0.39, 0.29) is 17.8 Å². The number of hydrogen-bond donors (Lipinski definition) is 0. The quantitative estimate of drug-likeness (QED) is 0.816. The van der Waals surface area contributed by atoms with E-state index in [1.54, 1.807) is 23.7 Å². The van der Waals surface area contributed by atoms with E-state index < -0.39 is 0 Å². The van der Waals surface area contributed by atoms with Crippen LogP contribution in [0.5, 0.6) is 0 Å². The SMILES string of the molecule is O=C(CCl)N1N=C(c2ccsc2)C[C@H]1c1ccco1. The maximum atomic E-state index is 11.9. The van der Waals surface area contributed by atoms with Crippen LogP contribution in [0.25, 0.3) is 0 Å². The molecule has 19 heavy (non-hydrogen) atoms. The van der Waals surface area contributed by atoms with Crippen LogP contribution in [0.3, 0.4) is 0 Å². The summed E-state index contributed by atoms with van der Waals surface area (Å²) in [6.45, 7) is 0. The number of furan rings is 1. The van der Waals surface area contributed by atoms with E-state index in [0.717, 1.165) is 17.0 Å². The smallest absolute Gasteiger partial charge is 0.258 e. The molecule has 0 fully saturated rings. The molecular formula is C13H11ClN2O2S. The normalized spacial score (nSPS) is 18.7. The first-order valence-corrected chi connectivity index (χ1v) is 7.29. The molecule has 0 aliphatic carbocycles.